The van der Waals surface area contributed by atoms with Gasteiger partial charge in [-0.2, -0.15) is 5.26 Å². The van der Waals surface area contributed by atoms with Crippen LogP contribution in [0.5, 0.6) is 0 Å². The summed E-state index contributed by atoms with van der Waals surface area (Å²) in [5.41, 5.74) is 0.802. The van der Waals surface area contributed by atoms with E-state index in [9.17, 15) is 19.6 Å². The zero-order valence-corrected chi connectivity index (χ0v) is 24.5. The van der Waals surface area contributed by atoms with Crippen molar-refractivity contribution in [3.05, 3.63) is 58.3 Å². The molecule has 2 aliphatic rings. The van der Waals surface area contributed by atoms with Crippen molar-refractivity contribution < 1.29 is 18.7 Å². The first kappa shape index (κ1) is 30.3. The number of ether oxygens (including phenoxy) is 1. The van der Waals surface area contributed by atoms with E-state index in [0.717, 1.165) is 25.8 Å². The molecule has 1 N–H and O–H groups in total. The van der Waals surface area contributed by atoms with Gasteiger partial charge in [-0.05, 0) is 102 Å². The highest BCUT2D eigenvalue weighted by Crippen LogP contribution is 2.43. The maximum absolute atomic E-state index is 15.0. The summed E-state index contributed by atoms with van der Waals surface area (Å²) in [5, 5.41) is 12.5. The minimum absolute atomic E-state index is 0.0342. The van der Waals surface area contributed by atoms with Crippen LogP contribution in [0.2, 0.25) is 0 Å². The Labute approximate surface area is 240 Å². The Kier molecular flexibility index (Phi) is 9.17. The third-order valence-electron chi connectivity index (χ3n) is 7.80. The van der Waals surface area contributed by atoms with Crippen LogP contribution in [0.3, 0.4) is 0 Å². The first-order valence-corrected chi connectivity index (χ1v) is 14.2. The monoisotopic (exact) mass is 565 g/mol. The quantitative estimate of drug-likeness (QED) is 0.494. The van der Waals surface area contributed by atoms with Gasteiger partial charge in [0, 0.05) is 31.4 Å². The van der Waals surface area contributed by atoms with Gasteiger partial charge in [0.2, 0.25) is 5.91 Å². The summed E-state index contributed by atoms with van der Waals surface area (Å²) >= 11 is 0. The van der Waals surface area contributed by atoms with E-state index in [2.05, 4.69) is 11.4 Å². The summed E-state index contributed by atoms with van der Waals surface area (Å²) in [6.45, 7) is 6.66. The van der Waals surface area contributed by atoms with Crippen LogP contribution in [0.25, 0.3) is 11.1 Å². The van der Waals surface area contributed by atoms with Crippen LogP contribution < -0.4 is 10.9 Å². The van der Waals surface area contributed by atoms with Gasteiger partial charge >= 0.3 is 6.09 Å². The highest BCUT2D eigenvalue weighted by molar-refractivity contribution is 5.87. The molecule has 1 saturated carbocycles. The predicted octanol–water partition coefficient (Wildman–Crippen LogP) is 3.94. The average Bonchev–Trinajstić information content (AvgIpc) is 3.52. The van der Waals surface area contributed by atoms with Crippen molar-refractivity contribution in [1.29, 1.82) is 5.26 Å². The van der Waals surface area contributed by atoms with E-state index in [1.165, 1.54) is 12.1 Å². The van der Waals surface area contributed by atoms with Crippen LogP contribution in [0.1, 0.15) is 52.0 Å². The third-order valence-corrected chi connectivity index (χ3v) is 7.80. The number of hydrogen-bond acceptors (Lipinski definition) is 6. The third kappa shape index (κ3) is 7.33. The van der Waals surface area contributed by atoms with Crippen LogP contribution in [0.4, 0.5) is 9.18 Å². The number of carbonyl (C=O) groups excluding carboxylic acids is 2. The summed E-state index contributed by atoms with van der Waals surface area (Å²) in [4.78, 5) is 42.2. The van der Waals surface area contributed by atoms with Crippen molar-refractivity contribution in [2.24, 2.45) is 5.92 Å². The molecule has 2 bridgehead atoms. The molecule has 4 atom stereocenters. The molecule has 9 nitrogen and oxygen atoms in total. The fourth-order valence-corrected chi connectivity index (χ4v) is 5.74. The smallest absolute Gasteiger partial charge is 0.411 e. The van der Waals surface area contributed by atoms with Crippen molar-refractivity contribution in [3.63, 3.8) is 0 Å². The maximum atomic E-state index is 15.0. The van der Waals surface area contributed by atoms with Gasteiger partial charge in [-0.3, -0.25) is 14.5 Å². The molecular weight excluding hydrogens is 525 g/mol. The van der Waals surface area contributed by atoms with Gasteiger partial charge in [0.15, 0.2) is 0 Å². The number of nitriles is 1. The second-order valence-electron chi connectivity index (χ2n) is 12.3. The van der Waals surface area contributed by atoms with E-state index in [1.54, 1.807) is 54.6 Å². The van der Waals surface area contributed by atoms with Crippen LogP contribution in [-0.4, -0.2) is 70.7 Å². The lowest BCUT2D eigenvalue weighted by molar-refractivity contribution is -0.128. The number of pyridine rings is 1. The number of likely N-dealkylation sites (N-methyl/N-ethyl adjacent to an activating group) is 1. The minimum atomic E-state index is -0.837. The zero-order chi connectivity index (χ0) is 29.9. The molecular formula is C31H40FN5O4. The molecule has 2 fully saturated rings. The number of fused-ring (bicyclic) bond motifs is 2. The fraction of sp³-hybridized carbons (Fsp3) is 0.548. The lowest BCUT2D eigenvalue weighted by Gasteiger charge is -2.35. The number of carbonyl (C=O) groups is 2. The number of benzene rings is 1. The van der Waals surface area contributed by atoms with E-state index in [0.29, 0.717) is 23.2 Å². The molecule has 4 rings (SSSR count). The molecule has 2 amide bonds. The maximum Gasteiger partial charge on any atom is 0.411 e. The summed E-state index contributed by atoms with van der Waals surface area (Å²) in [6.07, 6.45) is 4.09. The molecule has 1 aromatic carbocycles. The lowest BCUT2D eigenvalue weighted by atomic mass is 9.97. The van der Waals surface area contributed by atoms with Crippen LogP contribution in [-0.2, 0) is 22.5 Å². The Hall–Kier alpha value is -3.71. The molecule has 4 unspecified atom stereocenters. The largest absolute Gasteiger partial charge is 0.444 e. The van der Waals surface area contributed by atoms with Crippen LogP contribution >= 0.6 is 0 Å². The van der Waals surface area contributed by atoms with Gasteiger partial charge in [-0.1, -0.05) is 12.1 Å². The molecule has 1 aromatic heterocycles. The SMILES string of the molecule is CN(C)CCn1ccc(-c2ccc(CCC(C#N)NC(=O)C3C4CCC(C4)N3C(=O)OC(C)(C)C)c(F)c2)cc1=O. The summed E-state index contributed by atoms with van der Waals surface area (Å²) in [7, 11) is 3.88. The number of nitrogens with one attached hydrogen (secondary N) is 1. The van der Waals surface area contributed by atoms with Crippen LogP contribution in [0.15, 0.2) is 41.3 Å². The Bertz CT molecular complexity index is 1380. The Morgan fingerprint density at radius 1 is 1.20 bits per heavy atom. The van der Waals surface area contributed by atoms with Crippen molar-refractivity contribution in [2.75, 3.05) is 20.6 Å². The van der Waals surface area contributed by atoms with Crippen molar-refractivity contribution >= 4 is 12.0 Å². The number of rotatable bonds is 9. The van der Waals surface area contributed by atoms with E-state index in [-0.39, 0.29) is 36.3 Å². The molecule has 10 heteroatoms. The lowest BCUT2D eigenvalue weighted by Crippen LogP contribution is -2.55. The fourth-order valence-electron chi connectivity index (χ4n) is 5.74. The van der Waals surface area contributed by atoms with Gasteiger partial charge in [0.25, 0.3) is 5.56 Å². The first-order chi connectivity index (χ1) is 19.4. The average molecular weight is 566 g/mol. The van der Waals surface area contributed by atoms with E-state index < -0.39 is 29.6 Å². The number of piperidine rings is 1. The normalized spacial score (nSPS) is 20.6. The summed E-state index contributed by atoms with van der Waals surface area (Å²) < 4.78 is 22.2. The highest BCUT2D eigenvalue weighted by Gasteiger charge is 2.52. The molecule has 0 spiro atoms. The van der Waals surface area contributed by atoms with E-state index in [4.69, 9.17) is 4.74 Å². The molecule has 1 aliphatic carbocycles. The number of hydrogen-bond donors (Lipinski definition) is 1. The number of amides is 2. The summed E-state index contributed by atoms with van der Waals surface area (Å²) in [5.74, 6) is -0.774. The Morgan fingerprint density at radius 2 is 1.93 bits per heavy atom. The number of likely N-dealkylation sites (tertiary alicyclic amines) is 1. The number of aryl methyl sites for hydroxylation is 1. The predicted molar refractivity (Wildman–Crippen MR) is 154 cm³/mol. The molecule has 1 aliphatic heterocycles. The van der Waals surface area contributed by atoms with E-state index >= 15 is 4.39 Å². The molecule has 220 valence electrons. The van der Waals surface area contributed by atoms with Crippen molar-refractivity contribution in [1.82, 2.24) is 19.7 Å². The molecule has 2 aromatic rings. The molecule has 1 saturated heterocycles. The number of halogens is 1. The van der Waals surface area contributed by atoms with Gasteiger partial charge in [0.1, 0.15) is 23.5 Å². The summed E-state index contributed by atoms with van der Waals surface area (Å²) in [6, 6.07) is 8.66. The molecule has 0 radical (unpaired) electrons. The number of aromatic nitrogens is 1. The second-order valence-corrected chi connectivity index (χ2v) is 12.3. The van der Waals surface area contributed by atoms with Gasteiger partial charge in [0.05, 0.1) is 6.07 Å². The Morgan fingerprint density at radius 3 is 2.56 bits per heavy atom. The molecule has 41 heavy (non-hydrogen) atoms. The second kappa shape index (κ2) is 12.4. The highest BCUT2D eigenvalue weighted by atomic mass is 19.1. The first-order valence-electron chi connectivity index (χ1n) is 14.2. The number of nitrogens with zero attached hydrogens (tertiary/aromatic N) is 4. The molecule has 2 heterocycles. The topological polar surface area (TPSA) is 108 Å². The van der Waals surface area contributed by atoms with Gasteiger partial charge < -0.3 is 19.5 Å². The zero-order valence-electron chi connectivity index (χ0n) is 24.5. The minimum Gasteiger partial charge on any atom is -0.444 e. The standard InChI is InChI=1S/C31H40FN5O4/c1-31(2,3)41-30(40)37-25-11-9-23(16-25)28(37)29(39)34-24(19-33)10-8-20-6-7-21(17-26(20)32)22-12-13-36(27(38)18-22)15-14-35(4)5/h6-7,12-13,17-18,23-25,28H,8-11,14-16H2,1-5H3,(H,34,39). The Balaban J connectivity index is 1.38. The van der Waals surface area contributed by atoms with Gasteiger partial charge in [-0.25, -0.2) is 9.18 Å². The van der Waals surface area contributed by atoms with Crippen molar-refractivity contribution in [2.45, 2.75) is 83.1 Å². The van der Waals surface area contributed by atoms with Gasteiger partial charge in [-0.15, -0.1) is 0 Å². The van der Waals surface area contributed by atoms with E-state index in [1.807, 2.05) is 19.0 Å². The van der Waals surface area contributed by atoms with Crippen molar-refractivity contribution in [3.8, 4) is 17.2 Å². The van der Waals surface area contributed by atoms with Crippen LogP contribution in [0, 0.1) is 23.1 Å².